The maximum absolute atomic E-state index is 12.6. The number of hydrogen-bond donors (Lipinski definition) is 1. The van der Waals surface area contributed by atoms with Gasteiger partial charge >= 0.3 is 5.97 Å². The smallest absolute Gasteiger partial charge is 0.309 e. The number of carbonyl (C=O) groups is 1. The number of carboxylic acid groups (broad SMARTS) is 1. The second-order valence-electron chi connectivity index (χ2n) is 2.97. The summed E-state index contributed by atoms with van der Waals surface area (Å²) in [6, 6.07) is 1.44. The van der Waals surface area contributed by atoms with Gasteiger partial charge in [-0.2, -0.15) is 0 Å². The summed E-state index contributed by atoms with van der Waals surface area (Å²) < 4.78 is 25.7. The summed E-state index contributed by atoms with van der Waals surface area (Å²) in [6.07, 6.45) is -3.13. The number of aromatic nitrogens is 1. The van der Waals surface area contributed by atoms with Crippen molar-refractivity contribution in [3.05, 3.63) is 26.6 Å². The molecule has 1 rings (SSSR count). The lowest BCUT2D eigenvalue weighted by molar-refractivity contribution is -0.136. The molecule has 88 valence electrons. The molecule has 1 N–H and O–H groups in total. The minimum Gasteiger partial charge on any atom is -0.481 e. The standard InChI is InChI=1S/C9H7ClF2INO2/c10-3-4-1-5(13)6(2-7(15)16)14-8(4)9(11)12/h1,9H,2-3H2,(H,15,16). The Kier molecular flexibility index (Phi) is 4.85. The van der Waals surface area contributed by atoms with E-state index in [1.165, 1.54) is 6.07 Å². The van der Waals surface area contributed by atoms with E-state index in [-0.39, 0.29) is 23.6 Å². The van der Waals surface area contributed by atoms with E-state index in [2.05, 4.69) is 4.98 Å². The number of hydrogen-bond acceptors (Lipinski definition) is 2. The third-order valence-electron chi connectivity index (χ3n) is 1.83. The Morgan fingerprint density at radius 1 is 1.62 bits per heavy atom. The maximum Gasteiger partial charge on any atom is 0.309 e. The van der Waals surface area contributed by atoms with E-state index in [9.17, 15) is 13.6 Å². The van der Waals surface area contributed by atoms with Crippen molar-refractivity contribution in [2.75, 3.05) is 0 Å². The third kappa shape index (κ3) is 3.24. The number of pyridine rings is 1. The molecule has 0 unspecified atom stereocenters. The van der Waals surface area contributed by atoms with Crippen LogP contribution in [-0.2, 0) is 17.1 Å². The molecule has 0 radical (unpaired) electrons. The van der Waals surface area contributed by atoms with Crippen LogP contribution in [0.1, 0.15) is 23.4 Å². The molecule has 0 saturated carbocycles. The Balaban J connectivity index is 3.21. The lowest BCUT2D eigenvalue weighted by Crippen LogP contribution is -2.08. The molecule has 0 aliphatic carbocycles. The van der Waals surface area contributed by atoms with Gasteiger partial charge < -0.3 is 5.11 Å². The van der Waals surface area contributed by atoms with Crippen molar-refractivity contribution < 1.29 is 18.7 Å². The number of aliphatic carboxylic acids is 1. The van der Waals surface area contributed by atoms with Crippen molar-refractivity contribution in [2.24, 2.45) is 0 Å². The molecule has 1 heterocycles. The van der Waals surface area contributed by atoms with Gasteiger partial charge in [-0.15, -0.1) is 11.6 Å². The van der Waals surface area contributed by atoms with E-state index >= 15 is 0 Å². The highest BCUT2D eigenvalue weighted by Crippen LogP contribution is 2.25. The van der Waals surface area contributed by atoms with Crippen LogP contribution in [0.15, 0.2) is 6.07 Å². The van der Waals surface area contributed by atoms with Crippen LogP contribution in [0, 0.1) is 3.57 Å². The zero-order valence-electron chi connectivity index (χ0n) is 7.88. The summed E-state index contributed by atoms with van der Waals surface area (Å²) in [7, 11) is 0. The first-order chi connectivity index (χ1) is 7.45. The summed E-state index contributed by atoms with van der Waals surface area (Å²) in [5.41, 5.74) is -0.0702. The van der Waals surface area contributed by atoms with Gasteiger partial charge in [0.1, 0.15) is 5.69 Å². The molecular formula is C9H7ClF2INO2. The fourth-order valence-electron chi connectivity index (χ4n) is 1.14. The monoisotopic (exact) mass is 361 g/mol. The Bertz CT molecular complexity index is 415. The van der Waals surface area contributed by atoms with Crippen molar-refractivity contribution in [1.82, 2.24) is 4.98 Å². The molecule has 0 aromatic carbocycles. The van der Waals surface area contributed by atoms with E-state index in [0.29, 0.717) is 3.57 Å². The Labute approximate surface area is 109 Å². The highest BCUT2D eigenvalue weighted by molar-refractivity contribution is 14.1. The number of halogens is 4. The van der Waals surface area contributed by atoms with Gasteiger partial charge in [-0.1, -0.05) is 0 Å². The van der Waals surface area contributed by atoms with Crippen molar-refractivity contribution >= 4 is 40.2 Å². The van der Waals surface area contributed by atoms with Crippen LogP contribution in [0.3, 0.4) is 0 Å². The van der Waals surface area contributed by atoms with Crippen LogP contribution in [0.2, 0.25) is 0 Å². The third-order valence-corrected chi connectivity index (χ3v) is 3.05. The SMILES string of the molecule is O=C(O)Cc1nc(C(F)F)c(CCl)cc1I. The van der Waals surface area contributed by atoms with Gasteiger partial charge in [0.05, 0.1) is 12.1 Å². The Morgan fingerprint density at radius 3 is 2.69 bits per heavy atom. The van der Waals surface area contributed by atoms with Gasteiger partial charge in [0.25, 0.3) is 6.43 Å². The van der Waals surface area contributed by atoms with Crippen LogP contribution < -0.4 is 0 Å². The molecule has 0 atom stereocenters. The highest BCUT2D eigenvalue weighted by atomic mass is 127. The van der Waals surface area contributed by atoms with Crippen LogP contribution in [0.25, 0.3) is 0 Å². The number of rotatable bonds is 4. The highest BCUT2D eigenvalue weighted by Gasteiger charge is 2.18. The van der Waals surface area contributed by atoms with Gasteiger partial charge in [0.2, 0.25) is 0 Å². The molecule has 3 nitrogen and oxygen atoms in total. The van der Waals surface area contributed by atoms with E-state index < -0.39 is 18.1 Å². The normalized spacial score (nSPS) is 10.8. The summed E-state index contributed by atoms with van der Waals surface area (Å²) in [5, 5.41) is 8.59. The van der Waals surface area contributed by atoms with Crippen molar-refractivity contribution in [3.8, 4) is 0 Å². The molecule has 0 fully saturated rings. The second kappa shape index (κ2) is 5.72. The zero-order chi connectivity index (χ0) is 12.3. The van der Waals surface area contributed by atoms with Crippen LogP contribution >= 0.6 is 34.2 Å². The minimum atomic E-state index is -2.75. The molecule has 16 heavy (non-hydrogen) atoms. The van der Waals surface area contributed by atoms with Gasteiger partial charge in [-0.05, 0) is 34.2 Å². The molecule has 0 spiro atoms. The number of nitrogens with zero attached hydrogens (tertiary/aromatic N) is 1. The second-order valence-corrected chi connectivity index (χ2v) is 4.40. The Morgan fingerprint density at radius 2 is 2.25 bits per heavy atom. The van der Waals surface area contributed by atoms with E-state index in [1.54, 1.807) is 0 Å². The number of alkyl halides is 3. The first-order valence-corrected chi connectivity index (χ1v) is 5.81. The average Bonchev–Trinajstić information content (AvgIpc) is 2.19. The first-order valence-electron chi connectivity index (χ1n) is 4.19. The summed E-state index contributed by atoms with van der Waals surface area (Å²) >= 11 is 7.37. The van der Waals surface area contributed by atoms with Crippen molar-refractivity contribution in [1.29, 1.82) is 0 Å². The lowest BCUT2D eigenvalue weighted by Gasteiger charge is -2.09. The van der Waals surface area contributed by atoms with Crippen LogP contribution in [0.5, 0.6) is 0 Å². The van der Waals surface area contributed by atoms with Crippen LogP contribution in [-0.4, -0.2) is 16.1 Å². The summed E-state index contributed by atoms with van der Waals surface area (Å²) in [5.74, 6) is -1.18. The first kappa shape index (κ1) is 13.6. The van der Waals surface area contributed by atoms with Crippen molar-refractivity contribution in [2.45, 2.75) is 18.7 Å². The molecular weight excluding hydrogens is 354 g/mol. The minimum absolute atomic E-state index is 0.0734. The van der Waals surface area contributed by atoms with E-state index in [4.69, 9.17) is 16.7 Å². The lowest BCUT2D eigenvalue weighted by atomic mass is 10.1. The van der Waals surface area contributed by atoms with Crippen LogP contribution in [0.4, 0.5) is 8.78 Å². The summed E-state index contributed by atoms with van der Waals surface area (Å²) in [6.45, 7) is 0. The predicted molar refractivity (Wildman–Crippen MR) is 62.8 cm³/mol. The molecule has 0 aliphatic heterocycles. The fourth-order valence-corrected chi connectivity index (χ4v) is 2.05. The average molecular weight is 362 g/mol. The zero-order valence-corrected chi connectivity index (χ0v) is 10.8. The van der Waals surface area contributed by atoms with Gasteiger partial charge in [0, 0.05) is 9.45 Å². The summed E-state index contributed by atoms with van der Waals surface area (Å²) in [4.78, 5) is 14.2. The largest absolute Gasteiger partial charge is 0.481 e. The number of carboxylic acids is 1. The topological polar surface area (TPSA) is 50.2 Å². The molecule has 0 saturated heterocycles. The molecule has 0 amide bonds. The van der Waals surface area contributed by atoms with Gasteiger partial charge in [0.15, 0.2) is 0 Å². The Hall–Kier alpha value is -0.500. The predicted octanol–water partition coefficient (Wildman–Crippen LogP) is 2.99. The van der Waals surface area contributed by atoms with Gasteiger partial charge in [-0.3, -0.25) is 4.79 Å². The molecule has 1 aromatic rings. The molecule has 7 heteroatoms. The van der Waals surface area contributed by atoms with Gasteiger partial charge in [-0.25, -0.2) is 13.8 Å². The maximum atomic E-state index is 12.6. The molecule has 0 bridgehead atoms. The van der Waals surface area contributed by atoms with E-state index in [1.807, 2.05) is 22.6 Å². The molecule has 0 aliphatic rings. The quantitative estimate of drug-likeness (QED) is 0.662. The van der Waals surface area contributed by atoms with E-state index in [0.717, 1.165) is 0 Å². The van der Waals surface area contributed by atoms with Crippen molar-refractivity contribution in [3.63, 3.8) is 0 Å². The fraction of sp³-hybridized carbons (Fsp3) is 0.333. The molecule has 1 aromatic heterocycles.